The topological polar surface area (TPSA) is 75.3 Å². The minimum absolute atomic E-state index is 0.00210. The quantitative estimate of drug-likeness (QED) is 0.564. The molecule has 0 bridgehead atoms. The first-order valence-electron chi connectivity index (χ1n) is 9.44. The fraction of sp³-hybridized carbons (Fsp3) is 0.174. The molecule has 5 nitrogen and oxygen atoms in total. The van der Waals surface area contributed by atoms with E-state index in [0.717, 1.165) is 11.1 Å². The van der Waals surface area contributed by atoms with Crippen molar-refractivity contribution >= 4 is 33.0 Å². The lowest BCUT2D eigenvalue weighted by Crippen LogP contribution is -2.29. The minimum atomic E-state index is -3.73. The lowest BCUT2D eigenvalue weighted by atomic mass is 10.1. The van der Waals surface area contributed by atoms with Gasteiger partial charge in [-0.05, 0) is 54.8 Å². The SMILES string of the molecule is Cc1ccccc1CNC(=O)CNc1cc(Cl)cc(S(=O)(=O)c2ccccc2)c1C. The molecule has 7 heteroatoms. The summed E-state index contributed by atoms with van der Waals surface area (Å²) < 4.78 is 26.0. The Morgan fingerprint density at radius 1 is 0.967 bits per heavy atom. The van der Waals surface area contributed by atoms with Gasteiger partial charge in [0.2, 0.25) is 15.7 Å². The highest BCUT2D eigenvalue weighted by Gasteiger charge is 2.22. The van der Waals surface area contributed by atoms with Crippen LogP contribution >= 0.6 is 11.6 Å². The minimum Gasteiger partial charge on any atom is -0.376 e. The van der Waals surface area contributed by atoms with Crippen LogP contribution in [0.25, 0.3) is 0 Å². The second kappa shape index (κ2) is 9.32. The molecule has 3 aromatic carbocycles. The molecule has 0 aliphatic carbocycles. The average Bonchev–Trinajstić information content (AvgIpc) is 2.74. The van der Waals surface area contributed by atoms with Gasteiger partial charge in [0.15, 0.2) is 0 Å². The van der Waals surface area contributed by atoms with E-state index < -0.39 is 9.84 Å². The van der Waals surface area contributed by atoms with Crippen LogP contribution < -0.4 is 10.6 Å². The van der Waals surface area contributed by atoms with E-state index in [0.29, 0.717) is 17.8 Å². The van der Waals surface area contributed by atoms with Crippen molar-refractivity contribution in [3.8, 4) is 0 Å². The molecule has 0 saturated heterocycles. The Labute approximate surface area is 182 Å². The maximum absolute atomic E-state index is 13.0. The van der Waals surface area contributed by atoms with Crippen LogP contribution in [0.4, 0.5) is 5.69 Å². The summed E-state index contributed by atoms with van der Waals surface area (Å²) in [5.41, 5.74) is 3.16. The summed E-state index contributed by atoms with van der Waals surface area (Å²) in [6.07, 6.45) is 0. The zero-order valence-corrected chi connectivity index (χ0v) is 18.3. The fourth-order valence-corrected chi connectivity index (χ4v) is 4.93. The van der Waals surface area contributed by atoms with Gasteiger partial charge in [-0.2, -0.15) is 0 Å². The van der Waals surface area contributed by atoms with Gasteiger partial charge in [-0.25, -0.2) is 8.42 Å². The number of nitrogens with one attached hydrogen (secondary N) is 2. The van der Waals surface area contributed by atoms with Gasteiger partial charge in [0, 0.05) is 17.3 Å². The second-order valence-corrected chi connectivity index (χ2v) is 9.30. The Morgan fingerprint density at radius 3 is 2.33 bits per heavy atom. The summed E-state index contributed by atoms with van der Waals surface area (Å²) in [7, 11) is -3.73. The maximum atomic E-state index is 13.0. The van der Waals surface area contributed by atoms with Gasteiger partial charge in [0.1, 0.15) is 0 Å². The van der Waals surface area contributed by atoms with Crippen molar-refractivity contribution in [2.24, 2.45) is 0 Å². The first kappa shape index (κ1) is 21.9. The van der Waals surface area contributed by atoms with Crippen LogP contribution in [-0.2, 0) is 21.2 Å². The molecule has 0 fully saturated rings. The Kier molecular flexibility index (Phi) is 6.80. The average molecular weight is 443 g/mol. The highest BCUT2D eigenvalue weighted by molar-refractivity contribution is 7.91. The number of hydrogen-bond acceptors (Lipinski definition) is 4. The lowest BCUT2D eigenvalue weighted by Gasteiger charge is -2.15. The number of rotatable bonds is 7. The van der Waals surface area contributed by atoms with Gasteiger partial charge in [0.05, 0.1) is 16.3 Å². The number of aryl methyl sites for hydroxylation is 1. The van der Waals surface area contributed by atoms with Crippen LogP contribution in [-0.4, -0.2) is 20.9 Å². The molecule has 156 valence electrons. The number of carbonyl (C=O) groups excluding carboxylic acids is 1. The fourth-order valence-electron chi connectivity index (χ4n) is 3.08. The predicted molar refractivity (Wildman–Crippen MR) is 120 cm³/mol. The highest BCUT2D eigenvalue weighted by Crippen LogP contribution is 2.31. The molecule has 2 N–H and O–H groups in total. The van der Waals surface area contributed by atoms with Crippen LogP contribution in [0.5, 0.6) is 0 Å². The van der Waals surface area contributed by atoms with Crippen molar-refractivity contribution in [1.29, 1.82) is 0 Å². The van der Waals surface area contributed by atoms with Gasteiger partial charge in [-0.15, -0.1) is 0 Å². The summed E-state index contributed by atoms with van der Waals surface area (Å²) in [4.78, 5) is 12.6. The van der Waals surface area contributed by atoms with Gasteiger partial charge >= 0.3 is 0 Å². The first-order valence-corrected chi connectivity index (χ1v) is 11.3. The summed E-state index contributed by atoms with van der Waals surface area (Å²) in [6.45, 7) is 4.11. The Morgan fingerprint density at radius 2 is 1.63 bits per heavy atom. The predicted octanol–water partition coefficient (Wildman–Crippen LogP) is 4.52. The molecular formula is C23H23ClN2O3S. The Hall–Kier alpha value is -2.83. The molecule has 0 aromatic heterocycles. The van der Waals surface area contributed by atoms with E-state index in [-0.39, 0.29) is 27.3 Å². The van der Waals surface area contributed by atoms with E-state index >= 15 is 0 Å². The van der Waals surface area contributed by atoms with E-state index in [1.807, 2.05) is 31.2 Å². The third kappa shape index (κ3) is 5.01. The van der Waals surface area contributed by atoms with Crippen LogP contribution in [0, 0.1) is 13.8 Å². The molecule has 0 aliphatic heterocycles. The molecular weight excluding hydrogens is 420 g/mol. The van der Waals surface area contributed by atoms with Crippen molar-refractivity contribution in [3.63, 3.8) is 0 Å². The third-order valence-electron chi connectivity index (χ3n) is 4.84. The van der Waals surface area contributed by atoms with Crippen molar-refractivity contribution in [2.75, 3.05) is 11.9 Å². The number of benzene rings is 3. The monoisotopic (exact) mass is 442 g/mol. The lowest BCUT2D eigenvalue weighted by molar-refractivity contribution is -0.119. The molecule has 3 aromatic rings. The number of hydrogen-bond donors (Lipinski definition) is 2. The summed E-state index contributed by atoms with van der Waals surface area (Å²) in [5, 5.41) is 6.15. The maximum Gasteiger partial charge on any atom is 0.239 e. The van der Waals surface area contributed by atoms with Crippen molar-refractivity contribution in [2.45, 2.75) is 30.2 Å². The van der Waals surface area contributed by atoms with Gasteiger partial charge in [-0.3, -0.25) is 4.79 Å². The third-order valence-corrected chi connectivity index (χ3v) is 6.96. The van der Waals surface area contributed by atoms with Crippen molar-refractivity contribution < 1.29 is 13.2 Å². The van der Waals surface area contributed by atoms with E-state index in [4.69, 9.17) is 11.6 Å². The molecule has 1 amide bonds. The molecule has 0 aliphatic rings. The van der Waals surface area contributed by atoms with Crippen molar-refractivity contribution in [1.82, 2.24) is 5.32 Å². The molecule has 3 rings (SSSR count). The first-order chi connectivity index (χ1) is 14.3. The molecule has 0 atom stereocenters. The Bertz CT molecular complexity index is 1160. The number of anilines is 1. The van der Waals surface area contributed by atoms with Crippen LogP contribution in [0.15, 0.2) is 76.5 Å². The van der Waals surface area contributed by atoms with E-state index in [2.05, 4.69) is 10.6 Å². The highest BCUT2D eigenvalue weighted by atomic mass is 35.5. The zero-order valence-electron chi connectivity index (χ0n) is 16.8. The van der Waals surface area contributed by atoms with Crippen LogP contribution in [0.3, 0.4) is 0 Å². The summed E-state index contributed by atoms with van der Waals surface area (Å²) in [5.74, 6) is -0.204. The largest absolute Gasteiger partial charge is 0.376 e. The van der Waals surface area contributed by atoms with Crippen molar-refractivity contribution in [3.05, 3.63) is 88.4 Å². The van der Waals surface area contributed by atoms with Crippen LogP contribution in [0.2, 0.25) is 5.02 Å². The number of carbonyl (C=O) groups is 1. The number of sulfone groups is 1. The van der Waals surface area contributed by atoms with E-state index in [1.165, 1.54) is 6.07 Å². The molecule has 30 heavy (non-hydrogen) atoms. The van der Waals surface area contributed by atoms with E-state index in [1.54, 1.807) is 43.3 Å². The van der Waals surface area contributed by atoms with Gasteiger partial charge < -0.3 is 10.6 Å². The number of amides is 1. The molecule has 0 spiro atoms. The summed E-state index contributed by atoms with van der Waals surface area (Å²) in [6, 6.07) is 19.1. The van der Waals surface area contributed by atoms with Gasteiger partial charge in [0.25, 0.3) is 0 Å². The van der Waals surface area contributed by atoms with E-state index in [9.17, 15) is 13.2 Å². The number of halogens is 1. The zero-order chi connectivity index (χ0) is 21.7. The molecule has 0 saturated carbocycles. The smallest absolute Gasteiger partial charge is 0.239 e. The Balaban J connectivity index is 1.74. The standard InChI is InChI=1S/C23H23ClN2O3S/c1-16-8-6-7-9-18(16)14-26-23(27)15-25-21-12-19(24)13-22(17(21)2)30(28,29)20-10-4-3-5-11-20/h3-13,25H,14-15H2,1-2H3,(H,26,27). The normalized spacial score (nSPS) is 11.2. The molecule has 0 heterocycles. The molecule has 0 radical (unpaired) electrons. The van der Waals surface area contributed by atoms with Gasteiger partial charge in [-0.1, -0.05) is 54.1 Å². The van der Waals surface area contributed by atoms with Crippen LogP contribution in [0.1, 0.15) is 16.7 Å². The molecule has 0 unspecified atom stereocenters. The second-order valence-electron chi connectivity index (χ2n) is 6.95. The summed E-state index contributed by atoms with van der Waals surface area (Å²) >= 11 is 6.18.